The van der Waals surface area contributed by atoms with E-state index in [-0.39, 0.29) is 0 Å². The zero-order valence-electron chi connectivity index (χ0n) is 31.3. The van der Waals surface area contributed by atoms with E-state index in [1.165, 1.54) is 55.6 Å². The molecule has 0 aliphatic heterocycles. The van der Waals surface area contributed by atoms with E-state index >= 15 is 0 Å². The van der Waals surface area contributed by atoms with Crippen molar-refractivity contribution in [3.63, 3.8) is 0 Å². The molecule has 0 saturated heterocycles. The molecule has 2 nitrogen and oxygen atoms in total. The molecule has 11 rings (SSSR count). The van der Waals surface area contributed by atoms with Crippen molar-refractivity contribution in [3.8, 4) is 33.4 Å². The highest BCUT2D eigenvalue weighted by molar-refractivity contribution is 6.03. The summed E-state index contributed by atoms with van der Waals surface area (Å²) in [5, 5.41) is 0. The third kappa shape index (κ3) is 5.11. The van der Waals surface area contributed by atoms with Crippen LogP contribution >= 0.6 is 0 Å². The lowest BCUT2D eigenvalue weighted by Crippen LogP contribution is -2.26. The maximum atomic E-state index is 2.49. The van der Waals surface area contributed by atoms with Crippen LogP contribution in [-0.4, -0.2) is 0 Å². The summed E-state index contributed by atoms with van der Waals surface area (Å²) in [4.78, 5) is 4.88. The molecule has 57 heavy (non-hydrogen) atoms. The summed E-state index contributed by atoms with van der Waals surface area (Å²) in [7, 11) is 0. The molecular formula is C55H38N2. The Labute approximate surface area is 334 Å². The fraction of sp³-hybridized carbons (Fsp3) is 0.0182. The van der Waals surface area contributed by atoms with Gasteiger partial charge in [0, 0.05) is 34.0 Å². The minimum atomic E-state index is -0.525. The first-order valence-corrected chi connectivity index (χ1v) is 19.7. The SMILES string of the molecule is c1ccc(-c2ccc(N(c3ccccc3)c3cc(N(c4ccccc4)c4ccccc4)c4c(c3)C3(c5ccccc5-c5ccccc53)c3ccccc3-4)cc2)cc1. The molecule has 2 aliphatic rings. The zero-order chi connectivity index (χ0) is 37.8. The van der Waals surface area contributed by atoms with Crippen LogP contribution in [0.5, 0.6) is 0 Å². The standard InChI is InChI=1S/C55H38N2/c1-5-19-39(20-6-1)40-33-35-44(36-34-40)56(41-21-7-2-8-22-41)45-37-52-54(53(38-45)57(42-23-9-3-10-24-42)43-25-11-4-12-26-43)48-29-15-18-32-51(48)55(52)49-30-16-13-27-46(49)47-28-14-17-31-50(47)55/h1-38H. The van der Waals surface area contributed by atoms with Gasteiger partial charge >= 0.3 is 0 Å². The molecule has 0 amide bonds. The lowest BCUT2D eigenvalue weighted by atomic mass is 9.70. The average molecular weight is 727 g/mol. The van der Waals surface area contributed by atoms with Crippen LogP contribution in [0.4, 0.5) is 34.1 Å². The van der Waals surface area contributed by atoms with Gasteiger partial charge < -0.3 is 9.80 Å². The zero-order valence-corrected chi connectivity index (χ0v) is 31.3. The number of hydrogen-bond donors (Lipinski definition) is 0. The van der Waals surface area contributed by atoms with Crippen LogP contribution < -0.4 is 9.80 Å². The van der Waals surface area contributed by atoms with E-state index in [4.69, 9.17) is 0 Å². The number of hydrogen-bond acceptors (Lipinski definition) is 2. The molecule has 268 valence electrons. The summed E-state index contributed by atoms with van der Waals surface area (Å²) in [6.07, 6.45) is 0. The molecule has 0 heterocycles. The third-order valence-electron chi connectivity index (χ3n) is 11.8. The highest BCUT2D eigenvalue weighted by atomic mass is 15.2. The van der Waals surface area contributed by atoms with Crippen molar-refractivity contribution in [2.75, 3.05) is 9.80 Å². The van der Waals surface area contributed by atoms with Crippen LogP contribution in [-0.2, 0) is 5.41 Å². The summed E-state index contributed by atoms with van der Waals surface area (Å²) in [5.41, 5.74) is 18.8. The van der Waals surface area contributed by atoms with Gasteiger partial charge in [0.15, 0.2) is 0 Å². The van der Waals surface area contributed by atoms with Gasteiger partial charge in [0.25, 0.3) is 0 Å². The second-order valence-electron chi connectivity index (χ2n) is 14.9. The first kappa shape index (κ1) is 33.0. The van der Waals surface area contributed by atoms with E-state index in [9.17, 15) is 0 Å². The Balaban J connectivity index is 1.26. The first-order valence-electron chi connectivity index (χ1n) is 19.7. The molecular weight excluding hydrogens is 689 g/mol. The number of anilines is 6. The lowest BCUT2D eigenvalue weighted by Gasteiger charge is -2.34. The lowest BCUT2D eigenvalue weighted by molar-refractivity contribution is 0.793. The number of para-hydroxylation sites is 3. The minimum Gasteiger partial charge on any atom is -0.310 e. The van der Waals surface area contributed by atoms with Crippen LogP contribution in [0.15, 0.2) is 231 Å². The summed E-state index contributed by atoms with van der Waals surface area (Å²) >= 11 is 0. The maximum absolute atomic E-state index is 2.49. The van der Waals surface area contributed by atoms with Gasteiger partial charge in [0.1, 0.15) is 0 Å². The van der Waals surface area contributed by atoms with Crippen molar-refractivity contribution >= 4 is 34.1 Å². The third-order valence-corrected chi connectivity index (χ3v) is 11.8. The molecule has 0 atom stereocenters. The molecule has 0 bridgehead atoms. The summed E-state index contributed by atoms with van der Waals surface area (Å²) < 4.78 is 0. The molecule has 2 aliphatic carbocycles. The number of fused-ring (bicyclic) bond motifs is 10. The van der Waals surface area contributed by atoms with Crippen molar-refractivity contribution in [3.05, 3.63) is 253 Å². The quantitative estimate of drug-likeness (QED) is 0.161. The maximum Gasteiger partial charge on any atom is 0.0727 e. The van der Waals surface area contributed by atoms with Crippen LogP contribution in [0.3, 0.4) is 0 Å². The van der Waals surface area contributed by atoms with Gasteiger partial charge in [0.2, 0.25) is 0 Å². The fourth-order valence-electron chi connectivity index (χ4n) is 9.52. The topological polar surface area (TPSA) is 6.48 Å². The van der Waals surface area contributed by atoms with E-state index in [1.807, 2.05) is 0 Å². The first-order chi connectivity index (χ1) is 28.3. The minimum absolute atomic E-state index is 0.525. The molecule has 0 saturated carbocycles. The van der Waals surface area contributed by atoms with Crippen LogP contribution in [0.2, 0.25) is 0 Å². The van der Waals surface area contributed by atoms with Crippen LogP contribution in [0.1, 0.15) is 22.3 Å². The highest BCUT2D eigenvalue weighted by Crippen LogP contribution is 2.65. The number of rotatable bonds is 7. The average Bonchev–Trinajstić information content (AvgIpc) is 3.76. The van der Waals surface area contributed by atoms with E-state index in [2.05, 4.69) is 240 Å². The largest absolute Gasteiger partial charge is 0.310 e. The summed E-state index contributed by atoms with van der Waals surface area (Å²) in [6, 6.07) is 84.2. The van der Waals surface area contributed by atoms with Crippen molar-refractivity contribution in [2.24, 2.45) is 0 Å². The number of nitrogens with zero attached hydrogens (tertiary/aromatic N) is 2. The van der Waals surface area contributed by atoms with E-state index in [0.717, 1.165) is 34.1 Å². The Bertz CT molecular complexity index is 2800. The Morgan fingerprint density at radius 2 is 0.649 bits per heavy atom. The Morgan fingerprint density at radius 1 is 0.263 bits per heavy atom. The molecule has 1 spiro atoms. The monoisotopic (exact) mass is 726 g/mol. The van der Waals surface area contributed by atoms with Crippen molar-refractivity contribution in [1.29, 1.82) is 0 Å². The van der Waals surface area contributed by atoms with Gasteiger partial charge in [-0.25, -0.2) is 0 Å². The van der Waals surface area contributed by atoms with Crippen molar-refractivity contribution in [2.45, 2.75) is 5.41 Å². The van der Waals surface area contributed by atoms with E-state index in [1.54, 1.807) is 0 Å². The molecule has 9 aromatic carbocycles. The van der Waals surface area contributed by atoms with Gasteiger partial charge in [-0.3, -0.25) is 0 Å². The molecule has 0 aromatic heterocycles. The van der Waals surface area contributed by atoms with Gasteiger partial charge in [-0.2, -0.15) is 0 Å². The number of benzene rings is 9. The Kier molecular flexibility index (Phi) is 7.75. The highest BCUT2D eigenvalue weighted by Gasteiger charge is 2.52. The summed E-state index contributed by atoms with van der Waals surface area (Å²) in [5.74, 6) is 0. The molecule has 0 unspecified atom stereocenters. The predicted molar refractivity (Wildman–Crippen MR) is 238 cm³/mol. The Hall–Kier alpha value is -7.42. The molecule has 2 heteroatoms. The molecule has 0 radical (unpaired) electrons. The second kappa shape index (κ2) is 13.4. The molecule has 0 N–H and O–H groups in total. The summed E-state index contributed by atoms with van der Waals surface area (Å²) in [6.45, 7) is 0. The van der Waals surface area contributed by atoms with Gasteiger partial charge in [-0.15, -0.1) is 0 Å². The van der Waals surface area contributed by atoms with Gasteiger partial charge in [0.05, 0.1) is 11.1 Å². The predicted octanol–water partition coefficient (Wildman–Crippen LogP) is 14.6. The van der Waals surface area contributed by atoms with E-state index in [0.29, 0.717) is 0 Å². The molecule has 9 aromatic rings. The smallest absolute Gasteiger partial charge is 0.0727 e. The fourth-order valence-corrected chi connectivity index (χ4v) is 9.52. The molecule has 0 fully saturated rings. The van der Waals surface area contributed by atoms with Gasteiger partial charge in [-0.1, -0.05) is 170 Å². The normalized spacial score (nSPS) is 12.7. The Morgan fingerprint density at radius 3 is 1.18 bits per heavy atom. The second-order valence-corrected chi connectivity index (χ2v) is 14.9. The van der Waals surface area contributed by atoms with Crippen molar-refractivity contribution < 1.29 is 0 Å². The van der Waals surface area contributed by atoms with E-state index < -0.39 is 5.41 Å². The van der Waals surface area contributed by atoms with Crippen molar-refractivity contribution in [1.82, 2.24) is 0 Å². The van der Waals surface area contributed by atoms with Gasteiger partial charge in [-0.05, 0) is 111 Å². The van der Waals surface area contributed by atoms with Crippen LogP contribution in [0.25, 0.3) is 33.4 Å². The van der Waals surface area contributed by atoms with Crippen LogP contribution in [0, 0.1) is 0 Å².